The Morgan fingerprint density at radius 2 is 2.20 bits per heavy atom. The van der Waals surface area contributed by atoms with Crippen LogP contribution in [-0.2, 0) is 11.3 Å². The zero-order chi connectivity index (χ0) is 14.5. The summed E-state index contributed by atoms with van der Waals surface area (Å²) in [6.07, 6.45) is 1.79. The van der Waals surface area contributed by atoms with Crippen LogP contribution in [0.2, 0.25) is 0 Å². The summed E-state index contributed by atoms with van der Waals surface area (Å²) < 4.78 is 0. The Balaban J connectivity index is 2.17. The molecule has 0 aliphatic heterocycles. The molecule has 106 valence electrons. The lowest BCUT2D eigenvalue weighted by molar-refractivity contribution is -0.120. The molecule has 0 unspecified atom stereocenters. The summed E-state index contributed by atoms with van der Waals surface area (Å²) in [5.74, 6) is 1.04. The van der Waals surface area contributed by atoms with E-state index in [-0.39, 0.29) is 11.2 Å². The first kappa shape index (κ1) is 14.9. The van der Waals surface area contributed by atoms with E-state index in [0.29, 0.717) is 6.54 Å². The maximum Gasteiger partial charge on any atom is 0.233 e. The summed E-state index contributed by atoms with van der Waals surface area (Å²) in [5.41, 5.74) is 3.30. The van der Waals surface area contributed by atoms with E-state index in [4.69, 9.17) is 0 Å². The Morgan fingerprint density at radius 3 is 2.95 bits per heavy atom. The molecule has 0 aliphatic rings. The van der Waals surface area contributed by atoms with Gasteiger partial charge in [-0.25, -0.2) is 0 Å². The van der Waals surface area contributed by atoms with Gasteiger partial charge in [0, 0.05) is 18.1 Å². The van der Waals surface area contributed by atoms with E-state index in [9.17, 15) is 4.79 Å². The second-order valence-electron chi connectivity index (χ2n) is 4.75. The van der Waals surface area contributed by atoms with Gasteiger partial charge in [0.15, 0.2) is 0 Å². The lowest BCUT2D eigenvalue weighted by Gasteiger charge is -2.14. The SMILES string of the molecule is CCS[C@H](C)C(=O)NCc1c(C)ccc2ncccc12. The number of aryl methyl sites for hydroxylation is 1. The molecular formula is C16H20N2OS. The highest BCUT2D eigenvalue weighted by molar-refractivity contribution is 8.00. The molecule has 1 aromatic heterocycles. The number of carbonyl (C=O) groups excluding carboxylic acids is 1. The number of pyridine rings is 1. The smallest absolute Gasteiger partial charge is 0.233 e. The van der Waals surface area contributed by atoms with E-state index < -0.39 is 0 Å². The zero-order valence-electron chi connectivity index (χ0n) is 12.1. The minimum absolute atomic E-state index is 0.00610. The largest absolute Gasteiger partial charge is 0.351 e. The number of nitrogens with zero attached hydrogens (tertiary/aromatic N) is 1. The van der Waals surface area contributed by atoms with Crippen LogP contribution in [0.25, 0.3) is 10.9 Å². The number of fused-ring (bicyclic) bond motifs is 1. The molecule has 1 aromatic carbocycles. The maximum atomic E-state index is 12.0. The number of carbonyl (C=O) groups is 1. The highest BCUT2D eigenvalue weighted by atomic mass is 32.2. The van der Waals surface area contributed by atoms with E-state index in [1.807, 2.05) is 19.1 Å². The molecule has 4 heteroatoms. The minimum atomic E-state index is -0.00610. The van der Waals surface area contributed by atoms with Crippen molar-refractivity contribution in [3.8, 4) is 0 Å². The van der Waals surface area contributed by atoms with E-state index >= 15 is 0 Å². The maximum absolute atomic E-state index is 12.0. The van der Waals surface area contributed by atoms with Crippen LogP contribution >= 0.6 is 11.8 Å². The Labute approximate surface area is 124 Å². The molecule has 1 atom stereocenters. The van der Waals surface area contributed by atoms with Gasteiger partial charge in [-0.15, -0.1) is 11.8 Å². The number of thioether (sulfide) groups is 1. The first-order valence-electron chi connectivity index (χ1n) is 6.86. The molecule has 0 radical (unpaired) electrons. The molecule has 1 amide bonds. The molecule has 1 N–H and O–H groups in total. The number of hydrogen-bond donors (Lipinski definition) is 1. The third kappa shape index (κ3) is 3.31. The number of hydrogen-bond acceptors (Lipinski definition) is 3. The first-order chi connectivity index (χ1) is 9.63. The number of nitrogens with one attached hydrogen (secondary N) is 1. The van der Waals surface area contributed by atoms with E-state index in [1.54, 1.807) is 18.0 Å². The van der Waals surface area contributed by atoms with Crippen molar-refractivity contribution in [1.29, 1.82) is 0 Å². The second kappa shape index (κ2) is 6.75. The molecule has 2 aromatic rings. The lowest BCUT2D eigenvalue weighted by atomic mass is 10.0. The van der Waals surface area contributed by atoms with Crippen LogP contribution in [0.5, 0.6) is 0 Å². The highest BCUT2D eigenvalue weighted by Crippen LogP contribution is 2.20. The molecular weight excluding hydrogens is 268 g/mol. The standard InChI is InChI=1S/C16H20N2OS/c1-4-20-12(3)16(19)18-10-14-11(2)7-8-15-13(14)6-5-9-17-15/h5-9,12H,4,10H2,1-3H3,(H,18,19)/t12-/m1/s1. The van der Waals surface area contributed by atoms with Crippen molar-refractivity contribution in [2.45, 2.75) is 32.6 Å². The number of aromatic nitrogens is 1. The fourth-order valence-corrected chi connectivity index (χ4v) is 2.94. The average molecular weight is 288 g/mol. The van der Waals surface area contributed by atoms with Crippen molar-refractivity contribution in [2.24, 2.45) is 0 Å². The van der Waals surface area contributed by atoms with Gasteiger partial charge in [-0.1, -0.05) is 19.1 Å². The van der Waals surface area contributed by atoms with Gasteiger partial charge >= 0.3 is 0 Å². The predicted octanol–water partition coefficient (Wildman–Crippen LogP) is 3.30. The van der Waals surface area contributed by atoms with Crippen molar-refractivity contribution in [3.63, 3.8) is 0 Å². The quantitative estimate of drug-likeness (QED) is 0.918. The van der Waals surface area contributed by atoms with Crippen molar-refractivity contribution < 1.29 is 4.79 Å². The molecule has 0 saturated carbocycles. The monoisotopic (exact) mass is 288 g/mol. The topological polar surface area (TPSA) is 42.0 Å². The van der Waals surface area contributed by atoms with Gasteiger partial charge in [-0.2, -0.15) is 0 Å². The Kier molecular flexibility index (Phi) is 5.01. The molecule has 0 aliphatic carbocycles. The van der Waals surface area contributed by atoms with Crippen LogP contribution in [0, 0.1) is 6.92 Å². The summed E-state index contributed by atoms with van der Waals surface area (Å²) in [7, 11) is 0. The van der Waals surface area contributed by atoms with Crippen LogP contribution in [0.1, 0.15) is 25.0 Å². The first-order valence-corrected chi connectivity index (χ1v) is 7.91. The van der Waals surface area contributed by atoms with Crippen LogP contribution in [0.3, 0.4) is 0 Å². The molecule has 20 heavy (non-hydrogen) atoms. The third-order valence-corrected chi connectivity index (χ3v) is 4.40. The summed E-state index contributed by atoms with van der Waals surface area (Å²) >= 11 is 1.66. The average Bonchev–Trinajstić information content (AvgIpc) is 2.46. The van der Waals surface area contributed by atoms with Gasteiger partial charge in [0.05, 0.1) is 10.8 Å². The highest BCUT2D eigenvalue weighted by Gasteiger charge is 2.13. The van der Waals surface area contributed by atoms with E-state index in [0.717, 1.165) is 22.2 Å². The number of amides is 1. The van der Waals surface area contributed by atoms with Crippen LogP contribution in [-0.4, -0.2) is 21.9 Å². The van der Waals surface area contributed by atoms with Gasteiger partial charge < -0.3 is 5.32 Å². The van der Waals surface area contributed by atoms with E-state index in [1.165, 1.54) is 5.56 Å². The summed E-state index contributed by atoms with van der Waals surface area (Å²) in [6.45, 7) is 6.64. The number of benzene rings is 1. The summed E-state index contributed by atoms with van der Waals surface area (Å²) in [5, 5.41) is 4.14. The normalized spacial score (nSPS) is 12.3. The van der Waals surface area contributed by atoms with Crippen molar-refractivity contribution in [1.82, 2.24) is 10.3 Å². The second-order valence-corrected chi connectivity index (χ2v) is 6.36. The molecule has 0 spiro atoms. The molecule has 0 bridgehead atoms. The van der Waals surface area contributed by atoms with Gasteiger partial charge in [0.2, 0.25) is 5.91 Å². The Morgan fingerprint density at radius 1 is 1.40 bits per heavy atom. The van der Waals surface area contributed by atoms with Crippen LogP contribution in [0.4, 0.5) is 0 Å². The van der Waals surface area contributed by atoms with Gasteiger partial charge in [-0.3, -0.25) is 9.78 Å². The molecule has 1 heterocycles. The summed E-state index contributed by atoms with van der Waals surface area (Å²) in [4.78, 5) is 16.4. The lowest BCUT2D eigenvalue weighted by Crippen LogP contribution is -2.30. The van der Waals surface area contributed by atoms with E-state index in [2.05, 4.69) is 36.3 Å². The fourth-order valence-electron chi connectivity index (χ4n) is 2.20. The summed E-state index contributed by atoms with van der Waals surface area (Å²) in [6, 6.07) is 8.07. The molecule has 0 fully saturated rings. The molecule has 2 rings (SSSR count). The zero-order valence-corrected chi connectivity index (χ0v) is 13.0. The Hall–Kier alpha value is -1.55. The van der Waals surface area contributed by atoms with Crippen LogP contribution in [0.15, 0.2) is 30.5 Å². The van der Waals surface area contributed by atoms with Crippen molar-refractivity contribution in [2.75, 3.05) is 5.75 Å². The fraction of sp³-hybridized carbons (Fsp3) is 0.375. The van der Waals surface area contributed by atoms with Crippen molar-refractivity contribution in [3.05, 3.63) is 41.6 Å². The Bertz CT molecular complexity index is 612. The number of rotatable bonds is 5. The molecule has 3 nitrogen and oxygen atoms in total. The van der Waals surface area contributed by atoms with Gasteiger partial charge in [-0.05, 0) is 42.9 Å². The van der Waals surface area contributed by atoms with Gasteiger partial charge in [0.1, 0.15) is 0 Å². The minimum Gasteiger partial charge on any atom is -0.351 e. The van der Waals surface area contributed by atoms with Crippen molar-refractivity contribution >= 4 is 28.6 Å². The van der Waals surface area contributed by atoms with Crippen LogP contribution < -0.4 is 5.32 Å². The molecule has 0 saturated heterocycles. The van der Waals surface area contributed by atoms with Gasteiger partial charge in [0.25, 0.3) is 0 Å². The third-order valence-electron chi connectivity index (χ3n) is 3.36. The predicted molar refractivity (Wildman–Crippen MR) is 85.9 cm³/mol.